The van der Waals surface area contributed by atoms with Crippen molar-refractivity contribution in [1.82, 2.24) is 4.90 Å². The fraction of sp³-hybridized carbons (Fsp3) is 0.462. The van der Waals surface area contributed by atoms with Gasteiger partial charge in [0.15, 0.2) is 5.78 Å². The minimum absolute atomic E-state index is 0.229. The third kappa shape index (κ3) is 5.11. The smallest absolute Gasteiger partial charge is 0.395 e. The van der Waals surface area contributed by atoms with Crippen molar-refractivity contribution in [3.8, 4) is 0 Å². The van der Waals surface area contributed by atoms with E-state index in [0.29, 0.717) is 5.02 Å². The molecule has 1 aromatic rings. The summed E-state index contributed by atoms with van der Waals surface area (Å²) in [6.07, 6.45) is -4.43. The first-order valence-electron chi connectivity index (χ1n) is 5.96. The molecule has 20 heavy (non-hydrogen) atoms. The number of aliphatic hydroxyl groups excluding tert-OH is 1. The maximum atomic E-state index is 12.5. The van der Waals surface area contributed by atoms with Gasteiger partial charge in [-0.2, -0.15) is 13.2 Å². The SMILES string of the molecule is CC(C(=O)c1cccc(Cl)c1)N(CCO)CC(F)(F)F. The zero-order valence-electron chi connectivity index (χ0n) is 10.8. The monoisotopic (exact) mass is 309 g/mol. The molecule has 0 aromatic heterocycles. The van der Waals surface area contributed by atoms with Crippen LogP contribution in [0.3, 0.4) is 0 Å². The number of hydrogen-bond acceptors (Lipinski definition) is 3. The number of aliphatic hydroxyl groups is 1. The highest BCUT2D eigenvalue weighted by Gasteiger charge is 2.34. The third-order valence-electron chi connectivity index (χ3n) is 2.81. The van der Waals surface area contributed by atoms with E-state index in [0.717, 1.165) is 4.90 Å². The zero-order chi connectivity index (χ0) is 15.3. The Bertz CT molecular complexity index is 465. The van der Waals surface area contributed by atoms with E-state index in [-0.39, 0.29) is 12.1 Å². The van der Waals surface area contributed by atoms with Crippen molar-refractivity contribution in [3.05, 3.63) is 34.9 Å². The topological polar surface area (TPSA) is 40.5 Å². The molecule has 0 spiro atoms. The molecule has 0 bridgehead atoms. The van der Waals surface area contributed by atoms with Crippen molar-refractivity contribution in [2.45, 2.75) is 19.1 Å². The van der Waals surface area contributed by atoms with E-state index < -0.39 is 31.2 Å². The summed E-state index contributed by atoms with van der Waals surface area (Å²) in [4.78, 5) is 13.0. The van der Waals surface area contributed by atoms with E-state index in [1.165, 1.54) is 19.1 Å². The Morgan fingerprint density at radius 1 is 1.45 bits per heavy atom. The lowest BCUT2D eigenvalue weighted by Crippen LogP contribution is -2.45. The first kappa shape index (κ1) is 16.9. The molecule has 3 nitrogen and oxygen atoms in total. The number of carbonyl (C=O) groups is 1. The van der Waals surface area contributed by atoms with Crippen molar-refractivity contribution in [1.29, 1.82) is 0 Å². The molecule has 0 amide bonds. The molecule has 0 saturated carbocycles. The van der Waals surface area contributed by atoms with E-state index >= 15 is 0 Å². The van der Waals surface area contributed by atoms with Crippen LogP contribution >= 0.6 is 11.6 Å². The number of halogens is 4. The molecular formula is C13H15ClF3NO2. The van der Waals surface area contributed by atoms with Crippen molar-refractivity contribution in [2.75, 3.05) is 19.7 Å². The average Bonchev–Trinajstić information content (AvgIpc) is 2.35. The van der Waals surface area contributed by atoms with Crippen LogP contribution in [-0.4, -0.2) is 47.7 Å². The fourth-order valence-corrected chi connectivity index (χ4v) is 2.01. The quantitative estimate of drug-likeness (QED) is 0.822. The summed E-state index contributed by atoms with van der Waals surface area (Å²) in [5.74, 6) is -0.467. The summed E-state index contributed by atoms with van der Waals surface area (Å²) in [5, 5.41) is 9.18. The van der Waals surface area contributed by atoms with Crippen LogP contribution in [0.1, 0.15) is 17.3 Å². The van der Waals surface area contributed by atoms with E-state index in [1.54, 1.807) is 12.1 Å². The van der Waals surface area contributed by atoms with Crippen molar-refractivity contribution in [2.24, 2.45) is 0 Å². The van der Waals surface area contributed by atoms with Crippen LogP contribution in [0.5, 0.6) is 0 Å². The van der Waals surface area contributed by atoms with Crippen molar-refractivity contribution >= 4 is 17.4 Å². The number of carbonyl (C=O) groups excluding carboxylic acids is 1. The Balaban J connectivity index is 2.88. The van der Waals surface area contributed by atoms with Gasteiger partial charge < -0.3 is 5.11 Å². The largest absolute Gasteiger partial charge is 0.401 e. The summed E-state index contributed by atoms with van der Waals surface area (Å²) in [5.41, 5.74) is 0.245. The lowest BCUT2D eigenvalue weighted by molar-refractivity contribution is -0.149. The van der Waals surface area contributed by atoms with Crippen LogP contribution in [0.4, 0.5) is 13.2 Å². The van der Waals surface area contributed by atoms with E-state index in [4.69, 9.17) is 16.7 Å². The van der Waals surface area contributed by atoms with Crippen LogP contribution in [0, 0.1) is 0 Å². The van der Waals surface area contributed by atoms with Gasteiger partial charge in [-0.25, -0.2) is 0 Å². The number of nitrogens with zero attached hydrogens (tertiary/aromatic N) is 1. The molecular weight excluding hydrogens is 295 g/mol. The first-order chi connectivity index (χ1) is 9.24. The molecule has 112 valence electrons. The lowest BCUT2D eigenvalue weighted by atomic mass is 10.0. The molecule has 1 N–H and O–H groups in total. The summed E-state index contributed by atoms with van der Waals surface area (Å²) in [6, 6.07) is 5.04. The molecule has 0 aliphatic heterocycles. The molecule has 0 radical (unpaired) electrons. The van der Waals surface area contributed by atoms with Crippen LogP contribution in [0.2, 0.25) is 5.02 Å². The molecule has 0 fully saturated rings. The van der Waals surface area contributed by atoms with Gasteiger partial charge in [0, 0.05) is 17.1 Å². The summed E-state index contributed by atoms with van der Waals surface area (Å²) < 4.78 is 37.4. The van der Waals surface area contributed by atoms with Gasteiger partial charge in [-0.15, -0.1) is 0 Å². The third-order valence-corrected chi connectivity index (χ3v) is 3.04. The van der Waals surface area contributed by atoms with Crippen molar-refractivity contribution < 1.29 is 23.1 Å². The molecule has 0 aliphatic carbocycles. The molecule has 0 heterocycles. The Morgan fingerprint density at radius 2 is 2.10 bits per heavy atom. The second-order valence-electron chi connectivity index (χ2n) is 4.36. The Morgan fingerprint density at radius 3 is 2.60 bits per heavy atom. The summed E-state index contributed by atoms with van der Waals surface area (Å²) in [7, 11) is 0. The summed E-state index contributed by atoms with van der Waals surface area (Å²) in [6.45, 7) is -0.554. The van der Waals surface area contributed by atoms with E-state index in [1.807, 2.05) is 0 Å². The number of ketones is 1. The predicted molar refractivity (Wildman–Crippen MR) is 70.0 cm³/mol. The minimum atomic E-state index is -4.43. The van der Waals surface area contributed by atoms with Crippen LogP contribution < -0.4 is 0 Å². The van der Waals surface area contributed by atoms with Gasteiger partial charge in [0.05, 0.1) is 19.2 Å². The lowest BCUT2D eigenvalue weighted by Gasteiger charge is -2.28. The van der Waals surface area contributed by atoms with Gasteiger partial charge in [-0.1, -0.05) is 23.7 Å². The number of benzene rings is 1. The standard InChI is InChI=1S/C13H15ClF3NO2/c1-9(18(5-6-19)8-13(15,16)17)12(20)10-3-2-4-11(14)7-10/h2-4,7,9,19H,5-6,8H2,1H3. The Hall–Kier alpha value is -1.11. The summed E-state index contributed by atoms with van der Waals surface area (Å²) >= 11 is 5.75. The Kier molecular flexibility index (Phi) is 5.98. The number of rotatable bonds is 6. The molecule has 7 heteroatoms. The van der Waals surface area contributed by atoms with Crippen molar-refractivity contribution in [3.63, 3.8) is 0 Å². The fourth-order valence-electron chi connectivity index (χ4n) is 1.82. The van der Waals surface area contributed by atoms with Gasteiger partial charge in [0.25, 0.3) is 0 Å². The highest BCUT2D eigenvalue weighted by Crippen LogP contribution is 2.20. The number of alkyl halides is 3. The molecule has 0 aliphatic rings. The zero-order valence-corrected chi connectivity index (χ0v) is 11.6. The normalized spacial score (nSPS) is 13.6. The second kappa shape index (κ2) is 7.06. The van der Waals surface area contributed by atoms with Crippen LogP contribution in [0.25, 0.3) is 0 Å². The van der Waals surface area contributed by atoms with E-state index in [9.17, 15) is 18.0 Å². The molecule has 1 atom stereocenters. The minimum Gasteiger partial charge on any atom is -0.395 e. The highest BCUT2D eigenvalue weighted by molar-refractivity contribution is 6.31. The molecule has 1 unspecified atom stereocenters. The predicted octanol–water partition coefficient (Wildman–Crippen LogP) is 2.77. The number of hydrogen-bond donors (Lipinski definition) is 1. The maximum absolute atomic E-state index is 12.5. The van der Waals surface area contributed by atoms with Gasteiger partial charge in [-0.05, 0) is 19.1 Å². The van der Waals surface area contributed by atoms with Gasteiger partial charge in [-0.3, -0.25) is 9.69 Å². The average molecular weight is 310 g/mol. The molecule has 1 rings (SSSR count). The first-order valence-corrected chi connectivity index (χ1v) is 6.34. The highest BCUT2D eigenvalue weighted by atomic mass is 35.5. The van der Waals surface area contributed by atoms with Gasteiger partial charge in [0.1, 0.15) is 0 Å². The van der Waals surface area contributed by atoms with Gasteiger partial charge >= 0.3 is 6.18 Å². The van der Waals surface area contributed by atoms with E-state index in [2.05, 4.69) is 0 Å². The number of Topliss-reactive ketones (excluding diaryl/α,β-unsaturated/α-hetero) is 1. The maximum Gasteiger partial charge on any atom is 0.401 e. The van der Waals surface area contributed by atoms with Crippen LogP contribution in [-0.2, 0) is 0 Å². The second-order valence-corrected chi connectivity index (χ2v) is 4.80. The van der Waals surface area contributed by atoms with Crippen LogP contribution in [0.15, 0.2) is 24.3 Å². The van der Waals surface area contributed by atoms with Gasteiger partial charge in [0.2, 0.25) is 0 Å². The molecule has 0 saturated heterocycles. The molecule has 1 aromatic carbocycles. The Labute approximate surface area is 120 Å².